The summed E-state index contributed by atoms with van der Waals surface area (Å²) in [6.45, 7) is 3.93. The summed E-state index contributed by atoms with van der Waals surface area (Å²) in [5.74, 6) is 0.898. The van der Waals surface area contributed by atoms with Crippen LogP contribution >= 0.6 is 23.3 Å². The van der Waals surface area contributed by atoms with Gasteiger partial charge in [0.1, 0.15) is 10.7 Å². The van der Waals surface area contributed by atoms with Crippen LogP contribution in [0, 0.1) is 6.92 Å². The number of phenols is 1. The molecule has 0 fully saturated rings. The molecule has 1 atom stereocenters. The molecule has 0 spiro atoms. The Kier molecular flexibility index (Phi) is 5.79. The van der Waals surface area contributed by atoms with Crippen LogP contribution in [0.1, 0.15) is 30.7 Å². The van der Waals surface area contributed by atoms with Gasteiger partial charge in [-0.1, -0.05) is 18.5 Å². The number of hydrogen-bond donors (Lipinski definition) is 4. The monoisotopic (exact) mass is 443 g/mol. The molecule has 150 valence electrons. The standard InChI is InChI=1S/C16H18ClN5O4S2/c1-3-10(12-6-8(2)7-26-12)19-15-16(22-27-21-15)20-11-5-4-9(17)14(13(11)23)28(18,24)25/h4-7,10,23H,3H2,1-2H3,(H,19,21)(H,20,22)(H2,18,24,25)/t10-/m1/s1. The second-order valence-corrected chi connectivity index (χ2v) is 8.47. The maximum Gasteiger partial charge on any atom is 0.243 e. The predicted molar refractivity (Wildman–Crippen MR) is 108 cm³/mol. The van der Waals surface area contributed by atoms with E-state index >= 15 is 0 Å². The smallest absolute Gasteiger partial charge is 0.243 e. The van der Waals surface area contributed by atoms with E-state index < -0.39 is 20.7 Å². The predicted octanol–water partition coefficient (Wildman–Crippen LogP) is 3.75. The van der Waals surface area contributed by atoms with Crippen molar-refractivity contribution in [1.82, 2.24) is 8.75 Å². The highest BCUT2D eigenvalue weighted by Crippen LogP contribution is 2.38. The van der Waals surface area contributed by atoms with Crippen LogP contribution in [0.5, 0.6) is 5.75 Å². The van der Waals surface area contributed by atoms with Crippen LogP contribution in [-0.4, -0.2) is 22.3 Å². The van der Waals surface area contributed by atoms with Gasteiger partial charge in [0, 0.05) is 0 Å². The van der Waals surface area contributed by atoms with E-state index in [2.05, 4.69) is 19.4 Å². The SMILES string of the molecule is CC[C@@H](Nc1nsnc1Nc1ccc(Cl)c(S(N)(=O)=O)c1O)c1cc(C)co1. The lowest BCUT2D eigenvalue weighted by Crippen LogP contribution is -2.14. The van der Waals surface area contributed by atoms with Crippen LogP contribution < -0.4 is 15.8 Å². The zero-order valence-electron chi connectivity index (χ0n) is 14.9. The van der Waals surface area contributed by atoms with E-state index in [1.165, 1.54) is 12.1 Å². The molecule has 0 aliphatic heterocycles. The first-order valence-electron chi connectivity index (χ1n) is 8.16. The lowest BCUT2D eigenvalue weighted by Gasteiger charge is -2.16. The topological polar surface area (TPSA) is 143 Å². The number of halogens is 1. The lowest BCUT2D eigenvalue weighted by atomic mass is 10.1. The maximum atomic E-state index is 11.7. The Morgan fingerprint density at radius 3 is 2.68 bits per heavy atom. The summed E-state index contributed by atoms with van der Waals surface area (Å²) in [4.78, 5) is -0.561. The van der Waals surface area contributed by atoms with Gasteiger partial charge in [-0.3, -0.25) is 0 Å². The molecule has 0 aliphatic carbocycles. The Labute approximate surface area is 170 Å². The van der Waals surface area contributed by atoms with Gasteiger partial charge in [-0.25, -0.2) is 13.6 Å². The van der Waals surface area contributed by atoms with Gasteiger partial charge in [-0.15, -0.1) is 0 Å². The van der Waals surface area contributed by atoms with Gasteiger partial charge in [-0.05, 0) is 37.1 Å². The Morgan fingerprint density at radius 2 is 2.07 bits per heavy atom. The normalized spacial score (nSPS) is 12.7. The highest BCUT2D eigenvalue weighted by molar-refractivity contribution is 7.89. The molecule has 0 saturated carbocycles. The zero-order chi connectivity index (χ0) is 20.5. The highest BCUT2D eigenvalue weighted by atomic mass is 35.5. The number of rotatable bonds is 7. The summed E-state index contributed by atoms with van der Waals surface area (Å²) in [6, 6.07) is 4.52. The van der Waals surface area contributed by atoms with Crippen LogP contribution in [0.25, 0.3) is 0 Å². The average molecular weight is 444 g/mol. The van der Waals surface area contributed by atoms with Crippen molar-refractivity contribution in [1.29, 1.82) is 0 Å². The lowest BCUT2D eigenvalue weighted by molar-refractivity contribution is 0.461. The Morgan fingerprint density at radius 1 is 1.36 bits per heavy atom. The Hall–Kier alpha value is -2.34. The van der Waals surface area contributed by atoms with Gasteiger partial charge < -0.3 is 20.2 Å². The highest BCUT2D eigenvalue weighted by Gasteiger charge is 2.23. The molecule has 3 rings (SSSR count). The summed E-state index contributed by atoms with van der Waals surface area (Å²) < 4.78 is 37.3. The molecule has 2 heterocycles. The summed E-state index contributed by atoms with van der Waals surface area (Å²) >= 11 is 6.81. The quantitative estimate of drug-likeness (QED) is 0.404. The van der Waals surface area contributed by atoms with E-state index in [0.717, 1.165) is 29.5 Å². The number of aromatic nitrogens is 2. The van der Waals surface area contributed by atoms with Crippen molar-refractivity contribution in [3.63, 3.8) is 0 Å². The summed E-state index contributed by atoms with van der Waals surface area (Å²) in [5.41, 5.74) is 1.08. The molecule has 28 heavy (non-hydrogen) atoms. The fraction of sp³-hybridized carbons (Fsp3) is 0.250. The molecular formula is C16H18ClN5O4S2. The number of hydrogen-bond acceptors (Lipinski definition) is 9. The van der Waals surface area contributed by atoms with Crippen LogP contribution in [0.3, 0.4) is 0 Å². The number of anilines is 3. The fourth-order valence-electron chi connectivity index (χ4n) is 2.59. The number of benzene rings is 1. The van der Waals surface area contributed by atoms with Crippen molar-refractivity contribution in [2.75, 3.05) is 10.6 Å². The van der Waals surface area contributed by atoms with E-state index in [1.807, 2.05) is 19.9 Å². The van der Waals surface area contributed by atoms with Gasteiger partial charge in [-0.2, -0.15) is 8.75 Å². The van der Waals surface area contributed by atoms with Crippen molar-refractivity contribution >= 4 is 50.7 Å². The molecule has 2 aromatic heterocycles. The minimum atomic E-state index is -4.22. The van der Waals surface area contributed by atoms with E-state index in [0.29, 0.717) is 11.6 Å². The van der Waals surface area contributed by atoms with Crippen LogP contribution in [-0.2, 0) is 10.0 Å². The molecule has 3 aromatic rings. The molecule has 0 unspecified atom stereocenters. The fourth-order valence-corrected chi connectivity index (χ4v) is 4.26. The summed E-state index contributed by atoms with van der Waals surface area (Å²) in [7, 11) is -4.22. The van der Waals surface area contributed by atoms with E-state index in [1.54, 1.807) is 6.26 Å². The van der Waals surface area contributed by atoms with Gasteiger partial charge in [0.15, 0.2) is 17.4 Å². The molecule has 0 bridgehead atoms. The molecule has 0 amide bonds. The van der Waals surface area contributed by atoms with Crippen molar-refractivity contribution in [2.24, 2.45) is 5.14 Å². The summed E-state index contributed by atoms with van der Waals surface area (Å²) in [5, 5.41) is 21.4. The first kappa shape index (κ1) is 20.4. The van der Waals surface area contributed by atoms with Crippen molar-refractivity contribution in [3.8, 4) is 5.75 Å². The number of nitrogens with zero attached hydrogens (tertiary/aromatic N) is 2. The largest absolute Gasteiger partial charge is 0.504 e. The Bertz CT molecular complexity index is 1100. The number of nitrogens with one attached hydrogen (secondary N) is 2. The molecule has 1 aromatic carbocycles. The number of aryl methyl sites for hydroxylation is 1. The minimum Gasteiger partial charge on any atom is -0.504 e. The molecular weight excluding hydrogens is 426 g/mol. The third-order valence-corrected chi connectivity index (χ3v) is 5.86. The third kappa shape index (κ3) is 4.22. The second-order valence-electron chi connectivity index (χ2n) is 6.04. The average Bonchev–Trinajstić information content (AvgIpc) is 3.23. The van der Waals surface area contributed by atoms with E-state index in [-0.39, 0.29) is 16.8 Å². The van der Waals surface area contributed by atoms with Crippen LogP contribution in [0.15, 0.2) is 33.8 Å². The molecule has 0 aliphatic rings. The third-order valence-electron chi connectivity index (χ3n) is 3.92. The molecule has 9 nitrogen and oxygen atoms in total. The first-order valence-corrected chi connectivity index (χ1v) is 10.8. The van der Waals surface area contributed by atoms with E-state index in [9.17, 15) is 13.5 Å². The molecule has 12 heteroatoms. The molecule has 0 radical (unpaired) electrons. The van der Waals surface area contributed by atoms with Crippen molar-refractivity contribution in [3.05, 3.63) is 40.8 Å². The minimum absolute atomic E-state index is 0.0751. The molecule has 0 saturated heterocycles. The maximum absolute atomic E-state index is 11.7. The zero-order valence-corrected chi connectivity index (χ0v) is 17.3. The van der Waals surface area contributed by atoms with Crippen LogP contribution in [0.2, 0.25) is 5.02 Å². The summed E-state index contributed by atoms with van der Waals surface area (Å²) in [6.07, 6.45) is 2.39. The number of sulfonamides is 1. The van der Waals surface area contributed by atoms with Crippen molar-refractivity contribution < 1.29 is 17.9 Å². The number of furan rings is 1. The van der Waals surface area contributed by atoms with E-state index in [4.69, 9.17) is 21.2 Å². The molecule has 5 N–H and O–H groups in total. The van der Waals surface area contributed by atoms with Gasteiger partial charge in [0.05, 0.1) is 34.7 Å². The Balaban J connectivity index is 1.89. The first-order chi connectivity index (χ1) is 13.2. The van der Waals surface area contributed by atoms with Crippen molar-refractivity contribution in [2.45, 2.75) is 31.2 Å². The van der Waals surface area contributed by atoms with Gasteiger partial charge in [0.2, 0.25) is 10.0 Å². The van der Waals surface area contributed by atoms with Gasteiger partial charge in [0.25, 0.3) is 0 Å². The number of aromatic hydroxyl groups is 1. The number of primary sulfonamides is 1. The number of nitrogens with two attached hydrogens (primary N) is 1. The second kappa shape index (κ2) is 7.95. The van der Waals surface area contributed by atoms with Gasteiger partial charge >= 0.3 is 0 Å². The number of phenolic OH excluding ortho intramolecular Hbond substituents is 1. The van der Waals surface area contributed by atoms with Crippen LogP contribution in [0.4, 0.5) is 17.3 Å².